The third kappa shape index (κ3) is 5.12. The number of nitrogens with one attached hydrogen (secondary N) is 1. The molecule has 0 unspecified atom stereocenters. The van der Waals surface area contributed by atoms with Gasteiger partial charge in [-0.2, -0.15) is 0 Å². The lowest BCUT2D eigenvalue weighted by molar-refractivity contribution is -0.134. The molecular weight excluding hydrogens is 456 g/mol. The van der Waals surface area contributed by atoms with E-state index in [1.165, 1.54) is 18.2 Å². The van der Waals surface area contributed by atoms with Crippen LogP contribution in [0.3, 0.4) is 0 Å². The van der Waals surface area contributed by atoms with Crippen LogP contribution in [0.15, 0.2) is 57.7 Å². The van der Waals surface area contributed by atoms with Crippen molar-refractivity contribution in [2.45, 2.75) is 12.8 Å². The van der Waals surface area contributed by atoms with Crippen LogP contribution in [-0.4, -0.2) is 55.4 Å². The van der Waals surface area contributed by atoms with Gasteiger partial charge in [-0.05, 0) is 36.8 Å². The number of rotatable bonds is 9. The number of hydrogen-bond donors (Lipinski definition) is 1. The number of hydrogen-bond acceptors (Lipinski definition) is 8. The zero-order chi connectivity index (χ0) is 24.9. The van der Waals surface area contributed by atoms with Crippen molar-refractivity contribution in [3.05, 3.63) is 75.6 Å². The summed E-state index contributed by atoms with van der Waals surface area (Å²) in [4.78, 5) is 62.6. The first-order chi connectivity index (χ1) is 16.9. The second-order valence-corrected chi connectivity index (χ2v) is 7.78. The van der Waals surface area contributed by atoms with Crippen LogP contribution in [0.4, 0.5) is 0 Å². The highest BCUT2D eigenvalue weighted by Crippen LogP contribution is 2.24. The fraction of sp³-hybridized carbons (Fsp3) is 0.240. The maximum Gasteiger partial charge on any atom is 0.349 e. The van der Waals surface area contributed by atoms with Crippen LogP contribution in [0.5, 0.6) is 5.75 Å². The molecule has 0 radical (unpaired) electrons. The molecule has 0 atom stereocenters. The Labute approximate surface area is 199 Å². The fourth-order valence-electron chi connectivity index (χ4n) is 3.65. The maximum absolute atomic E-state index is 12.4. The quantitative estimate of drug-likeness (QED) is 0.163. The van der Waals surface area contributed by atoms with Gasteiger partial charge in [0, 0.05) is 38.3 Å². The van der Waals surface area contributed by atoms with Crippen LogP contribution >= 0.6 is 0 Å². The molecule has 0 bridgehead atoms. The summed E-state index contributed by atoms with van der Waals surface area (Å²) in [6.07, 6.45) is 0.387. The van der Waals surface area contributed by atoms with Gasteiger partial charge in [0.25, 0.3) is 17.7 Å². The first kappa shape index (κ1) is 23.8. The molecule has 3 amide bonds. The summed E-state index contributed by atoms with van der Waals surface area (Å²) in [5.41, 5.74) is -0.218. The average molecular weight is 478 g/mol. The molecule has 0 fully saturated rings. The van der Waals surface area contributed by atoms with E-state index in [1.807, 2.05) is 0 Å². The molecule has 10 nitrogen and oxygen atoms in total. The monoisotopic (exact) mass is 478 g/mol. The smallest absolute Gasteiger partial charge is 0.349 e. The molecule has 0 saturated carbocycles. The van der Waals surface area contributed by atoms with Crippen molar-refractivity contribution >= 4 is 34.7 Å². The number of carbonyl (C=O) groups excluding carboxylic acids is 4. The van der Waals surface area contributed by atoms with Crippen LogP contribution in [0.25, 0.3) is 11.0 Å². The highest BCUT2D eigenvalue weighted by atomic mass is 16.5. The highest BCUT2D eigenvalue weighted by molar-refractivity contribution is 6.21. The van der Waals surface area contributed by atoms with Crippen molar-refractivity contribution < 1.29 is 33.1 Å². The number of esters is 1. The van der Waals surface area contributed by atoms with E-state index in [0.29, 0.717) is 36.1 Å². The van der Waals surface area contributed by atoms with Crippen molar-refractivity contribution in [2.24, 2.45) is 0 Å². The Morgan fingerprint density at radius 2 is 1.71 bits per heavy atom. The lowest BCUT2D eigenvalue weighted by Gasteiger charge is -2.13. The molecule has 0 saturated heterocycles. The minimum atomic E-state index is -0.823. The number of amides is 3. The zero-order valence-corrected chi connectivity index (χ0v) is 18.9. The lowest BCUT2D eigenvalue weighted by Crippen LogP contribution is -2.32. The molecule has 1 N–H and O–H groups in total. The summed E-state index contributed by atoms with van der Waals surface area (Å²) in [6.45, 7) is 0.697. The minimum Gasteiger partial charge on any atom is -0.426 e. The largest absolute Gasteiger partial charge is 0.426 e. The van der Waals surface area contributed by atoms with E-state index in [-0.39, 0.29) is 29.9 Å². The topological polar surface area (TPSA) is 132 Å². The Kier molecular flexibility index (Phi) is 7.02. The summed E-state index contributed by atoms with van der Waals surface area (Å²) >= 11 is 0. The molecule has 10 heteroatoms. The number of carbonyl (C=O) groups is 4. The summed E-state index contributed by atoms with van der Waals surface area (Å²) in [7, 11) is 1.56. The first-order valence-electron chi connectivity index (χ1n) is 10.9. The van der Waals surface area contributed by atoms with Crippen LogP contribution in [-0.2, 0) is 9.53 Å². The second-order valence-electron chi connectivity index (χ2n) is 7.78. The van der Waals surface area contributed by atoms with Gasteiger partial charge in [-0.15, -0.1) is 0 Å². The fourth-order valence-corrected chi connectivity index (χ4v) is 3.65. The number of ether oxygens (including phenoxy) is 2. The third-order valence-electron chi connectivity index (χ3n) is 5.41. The molecule has 1 aliphatic heterocycles. The van der Waals surface area contributed by atoms with E-state index >= 15 is 0 Å². The Bertz CT molecular complexity index is 1340. The highest BCUT2D eigenvalue weighted by Gasteiger charge is 2.35. The summed E-state index contributed by atoms with van der Waals surface area (Å²) in [5, 5.41) is 3.10. The van der Waals surface area contributed by atoms with Gasteiger partial charge in [0.15, 0.2) is 0 Å². The van der Waals surface area contributed by atoms with Crippen LogP contribution < -0.4 is 15.7 Å². The average Bonchev–Trinajstić information content (AvgIpc) is 3.09. The van der Waals surface area contributed by atoms with Crippen molar-refractivity contribution in [1.29, 1.82) is 0 Å². The summed E-state index contributed by atoms with van der Waals surface area (Å²) in [6, 6.07) is 12.3. The molecule has 0 aliphatic carbocycles. The minimum absolute atomic E-state index is 0.116. The van der Waals surface area contributed by atoms with Gasteiger partial charge in [0.1, 0.15) is 16.9 Å². The van der Waals surface area contributed by atoms with E-state index in [0.717, 1.165) is 4.90 Å². The van der Waals surface area contributed by atoms with E-state index in [9.17, 15) is 24.0 Å². The molecule has 3 aromatic rings. The SMILES string of the molecule is COCCCNC(=O)c1cc2ccc(OC(=O)CCN3C(=O)c4ccccc4C3=O)cc2oc1=O. The van der Waals surface area contributed by atoms with Crippen molar-refractivity contribution in [3.63, 3.8) is 0 Å². The molecule has 1 aliphatic rings. The molecule has 1 aromatic heterocycles. The van der Waals surface area contributed by atoms with Gasteiger partial charge >= 0.3 is 11.6 Å². The number of nitrogens with zero attached hydrogens (tertiary/aromatic N) is 1. The molecule has 4 rings (SSSR count). The molecule has 180 valence electrons. The van der Waals surface area contributed by atoms with Crippen molar-refractivity contribution in [3.8, 4) is 5.75 Å². The lowest BCUT2D eigenvalue weighted by atomic mass is 10.1. The van der Waals surface area contributed by atoms with E-state index < -0.39 is 29.3 Å². The Hall–Kier alpha value is -4.31. The summed E-state index contributed by atoms with van der Waals surface area (Å²) in [5.74, 6) is -2.02. The number of fused-ring (bicyclic) bond motifs is 2. The molecule has 2 heterocycles. The van der Waals surface area contributed by atoms with Crippen LogP contribution in [0.2, 0.25) is 0 Å². The molecular formula is C25H22N2O8. The van der Waals surface area contributed by atoms with Crippen LogP contribution in [0, 0.1) is 0 Å². The van der Waals surface area contributed by atoms with E-state index in [1.54, 1.807) is 37.4 Å². The zero-order valence-electron chi connectivity index (χ0n) is 18.9. The second kappa shape index (κ2) is 10.3. The Morgan fingerprint density at radius 3 is 2.40 bits per heavy atom. The Morgan fingerprint density at radius 1 is 1.00 bits per heavy atom. The third-order valence-corrected chi connectivity index (χ3v) is 5.41. The molecule has 35 heavy (non-hydrogen) atoms. The number of benzene rings is 2. The van der Waals surface area contributed by atoms with Gasteiger partial charge in [0.05, 0.1) is 17.5 Å². The number of methoxy groups -OCH3 is 1. The van der Waals surface area contributed by atoms with E-state index in [4.69, 9.17) is 13.9 Å². The van der Waals surface area contributed by atoms with Crippen molar-refractivity contribution in [1.82, 2.24) is 10.2 Å². The van der Waals surface area contributed by atoms with Gasteiger partial charge in [0.2, 0.25) is 0 Å². The Balaban J connectivity index is 1.38. The molecule has 2 aromatic carbocycles. The van der Waals surface area contributed by atoms with Gasteiger partial charge < -0.3 is 19.2 Å². The summed E-state index contributed by atoms with van der Waals surface area (Å²) < 4.78 is 15.4. The van der Waals surface area contributed by atoms with Crippen LogP contribution in [0.1, 0.15) is 43.9 Å². The predicted molar refractivity (Wildman–Crippen MR) is 123 cm³/mol. The standard InChI is InChI=1S/C25H22N2O8/c1-33-12-4-10-26-22(29)19-13-15-7-8-16(14-20(15)35-25(19)32)34-21(28)9-11-27-23(30)17-5-2-3-6-18(17)24(27)31/h2-3,5-8,13-14H,4,9-12H2,1H3,(H,26,29). The van der Waals surface area contributed by atoms with E-state index in [2.05, 4.69) is 5.32 Å². The first-order valence-corrected chi connectivity index (χ1v) is 10.9. The normalized spacial score (nSPS) is 12.7. The predicted octanol–water partition coefficient (Wildman–Crippen LogP) is 2.15. The van der Waals surface area contributed by atoms with Gasteiger partial charge in [-0.1, -0.05) is 12.1 Å². The molecule has 0 spiro atoms. The van der Waals surface area contributed by atoms with Crippen molar-refractivity contribution in [2.75, 3.05) is 26.8 Å². The maximum atomic E-state index is 12.4. The number of imide groups is 1. The van der Waals surface area contributed by atoms with Gasteiger partial charge in [-0.3, -0.25) is 24.1 Å². The van der Waals surface area contributed by atoms with Gasteiger partial charge in [-0.25, -0.2) is 4.79 Å².